The molecule has 6 atom stereocenters. The van der Waals surface area contributed by atoms with Gasteiger partial charge in [0.2, 0.25) is 0 Å². The summed E-state index contributed by atoms with van der Waals surface area (Å²) in [5.74, 6) is 0.880. The summed E-state index contributed by atoms with van der Waals surface area (Å²) in [6.07, 6.45) is 12.2. The molecule has 5 nitrogen and oxygen atoms in total. The van der Waals surface area contributed by atoms with E-state index in [9.17, 15) is 4.79 Å². The molecule has 1 saturated heterocycles. The second kappa shape index (κ2) is 12.4. The topological polar surface area (TPSA) is 57.9 Å². The normalized spacial score (nSPS) is 32.5. The van der Waals surface area contributed by atoms with Crippen LogP contribution in [0.1, 0.15) is 104 Å². The van der Waals surface area contributed by atoms with Crippen molar-refractivity contribution in [3.8, 4) is 0 Å². The summed E-state index contributed by atoms with van der Waals surface area (Å²) in [6, 6.07) is 24.1. The van der Waals surface area contributed by atoms with E-state index in [1.54, 1.807) is 6.26 Å². The quantitative estimate of drug-likeness (QED) is 0.228. The van der Waals surface area contributed by atoms with Crippen molar-refractivity contribution in [1.82, 2.24) is 0 Å². The van der Waals surface area contributed by atoms with E-state index in [2.05, 4.69) is 101 Å². The zero-order valence-electron chi connectivity index (χ0n) is 29.1. The first kappa shape index (κ1) is 33.0. The van der Waals surface area contributed by atoms with Crippen molar-refractivity contribution in [2.75, 3.05) is 13.2 Å². The van der Waals surface area contributed by atoms with Gasteiger partial charge in [-0.25, -0.2) is 0 Å². The lowest BCUT2D eigenvalue weighted by molar-refractivity contribution is -0.223. The minimum Gasteiger partial charge on any atom is -0.472 e. The third kappa shape index (κ3) is 5.52. The van der Waals surface area contributed by atoms with E-state index in [0.29, 0.717) is 49.6 Å². The van der Waals surface area contributed by atoms with Gasteiger partial charge >= 0.3 is 0 Å². The van der Waals surface area contributed by atoms with E-state index in [-0.39, 0.29) is 22.0 Å². The molecule has 47 heavy (non-hydrogen) atoms. The van der Waals surface area contributed by atoms with Gasteiger partial charge in [-0.1, -0.05) is 95.3 Å². The van der Waals surface area contributed by atoms with E-state index >= 15 is 0 Å². The summed E-state index contributed by atoms with van der Waals surface area (Å²) in [5.41, 5.74) is 1.18. The average molecular weight is 655 g/mol. The fourth-order valence-electron chi connectivity index (χ4n) is 10.6. The van der Waals surface area contributed by atoms with Crippen LogP contribution in [0.15, 0.2) is 83.7 Å². The molecule has 3 aromatic rings. The zero-order chi connectivity index (χ0) is 32.9. The highest BCUT2D eigenvalue weighted by atomic mass is 28.4. The van der Waals surface area contributed by atoms with E-state index in [1.165, 1.54) is 15.9 Å². The van der Waals surface area contributed by atoms with E-state index in [1.807, 2.05) is 6.26 Å². The van der Waals surface area contributed by atoms with Gasteiger partial charge in [0.05, 0.1) is 25.7 Å². The predicted molar refractivity (Wildman–Crippen MR) is 188 cm³/mol. The Labute approximate surface area is 282 Å². The third-order valence-electron chi connectivity index (χ3n) is 13.2. The van der Waals surface area contributed by atoms with Crippen LogP contribution in [0.2, 0.25) is 5.04 Å². The van der Waals surface area contributed by atoms with Gasteiger partial charge in [-0.2, -0.15) is 0 Å². The van der Waals surface area contributed by atoms with Crippen molar-refractivity contribution >= 4 is 24.5 Å². The highest BCUT2D eigenvalue weighted by Gasteiger charge is 2.62. The second-order valence-electron chi connectivity index (χ2n) is 16.6. The molecule has 3 saturated carbocycles. The summed E-state index contributed by atoms with van der Waals surface area (Å²) in [7, 11) is -2.67. The van der Waals surface area contributed by atoms with Crippen LogP contribution in [0.4, 0.5) is 0 Å². The van der Waals surface area contributed by atoms with Gasteiger partial charge in [0.15, 0.2) is 5.79 Å². The molecule has 0 bridgehead atoms. The van der Waals surface area contributed by atoms with Crippen LogP contribution in [0.25, 0.3) is 0 Å². The van der Waals surface area contributed by atoms with Crippen LogP contribution < -0.4 is 10.4 Å². The molecule has 1 unspecified atom stereocenters. The SMILES string of the molecule is CC(C)(C)[Si](O[C@@H]1CC[C@@]2(C)[C@H](CC(=O)C[C@@H]2CC[C@]2(C)C(c3ccoc3)CCC23OCCO3)C1)(c1ccccc1)c1ccccc1. The van der Waals surface area contributed by atoms with Crippen LogP contribution in [0.5, 0.6) is 0 Å². The standard InChI is InChI=1S/C41H54O5Si/c1-38(2,3)47(35-12-8-6-9-13-35,36-14-10-7-11-15-36)46-34-17-20-39(4)31(26-33(42)27-32(39)28-34)16-21-40(5)37(30-19-23-43-29-30)18-22-41(40)44-24-25-45-41/h6-15,19,23,29,31-32,34,37H,16-18,20-22,24-28H2,1-5H3/t31-,32+,34+,37?,39+,40+/m0/s1. The summed E-state index contributed by atoms with van der Waals surface area (Å²) in [6.45, 7) is 13.3. The number of fused-ring (bicyclic) bond motifs is 1. The number of carbonyl (C=O) groups excluding carboxylic acids is 1. The molecule has 252 valence electrons. The van der Waals surface area contributed by atoms with Gasteiger partial charge in [0.1, 0.15) is 5.78 Å². The molecule has 4 fully saturated rings. The third-order valence-corrected chi connectivity index (χ3v) is 18.3. The summed E-state index contributed by atoms with van der Waals surface area (Å²) in [4.78, 5) is 13.5. The molecule has 6 heteroatoms. The van der Waals surface area contributed by atoms with E-state index in [4.69, 9.17) is 18.3 Å². The second-order valence-corrected chi connectivity index (χ2v) is 20.8. The Morgan fingerprint density at radius 2 is 1.53 bits per heavy atom. The zero-order valence-corrected chi connectivity index (χ0v) is 30.1. The molecule has 2 aromatic carbocycles. The molecule has 1 aliphatic heterocycles. The molecule has 1 aromatic heterocycles. The van der Waals surface area contributed by atoms with Crippen molar-refractivity contribution in [1.29, 1.82) is 0 Å². The van der Waals surface area contributed by atoms with Crippen molar-refractivity contribution in [2.24, 2.45) is 22.7 Å². The van der Waals surface area contributed by atoms with Crippen molar-refractivity contribution in [3.05, 3.63) is 84.8 Å². The Kier molecular flexibility index (Phi) is 8.73. The van der Waals surface area contributed by atoms with Gasteiger partial charge in [-0.15, -0.1) is 0 Å². The number of hydrogen-bond donors (Lipinski definition) is 0. The first-order valence-electron chi connectivity index (χ1n) is 18.1. The number of benzene rings is 2. The Bertz CT molecular complexity index is 1470. The Hall–Kier alpha value is -2.51. The highest BCUT2D eigenvalue weighted by Crippen LogP contribution is 2.63. The molecule has 0 amide bonds. The van der Waals surface area contributed by atoms with Crippen molar-refractivity contribution < 1.29 is 23.1 Å². The van der Waals surface area contributed by atoms with Crippen LogP contribution in [-0.2, 0) is 18.7 Å². The predicted octanol–water partition coefficient (Wildman–Crippen LogP) is 8.42. The maximum absolute atomic E-state index is 13.5. The molecular formula is C41H54O5Si. The summed E-state index contributed by atoms with van der Waals surface area (Å²) >= 11 is 0. The fourth-order valence-corrected chi connectivity index (χ4v) is 15.3. The first-order valence-corrected chi connectivity index (χ1v) is 20.0. The number of rotatable bonds is 8. The lowest BCUT2D eigenvalue weighted by atomic mass is 9.53. The minimum atomic E-state index is -2.67. The van der Waals surface area contributed by atoms with Gasteiger partial charge in [-0.3, -0.25) is 4.79 Å². The number of ether oxygens (including phenoxy) is 2. The van der Waals surface area contributed by atoms with Gasteiger partial charge in [-0.05, 0) is 88.7 Å². The lowest BCUT2D eigenvalue weighted by Gasteiger charge is -2.54. The molecule has 2 heterocycles. The molecule has 7 rings (SSSR count). The van der Waals surface area contributed by atoms with Crippen molar-refractivity contribution in [2.45, 2.75) is 115 Å². The van der Waals surface area contributed by atoms with Crippen LogP contribution in [-0.4, -0.2) is 39.2 Å². The molecule has 1 spiro atoms. The van der Waals surface area contributed by atoms with Crippen LogP contribution >= 0.6 is 0 Å². The minimum absolute atomic E-state index is 0.0655. The highest BCUT2D eigenvalue weighted by molar-refractivity contribution is 6.99. The van der Waals surface area contributed by atoms with Crippen molar-refractivity contribution in [3.63, 3.8) is 0 Å². The lowest BCUT2D eigenvalue weighted by Crippen LogP contribution is -2.68. The smallest absolute Gasteiger partial charge is 0.261 e. The molecule has 0 N–H and O–H groups in total. The maximum atomic E-state index is 13.5. The van der Waals surface area contributed by atoms with Gasteiger partial charge in [0, 0.05) is 30.8 Å². The monoisotopic (exact) mass is 654 g/mol. The fraction of sp³-hybridized carbons (Fsp3) is 0.585. The number of Topliss-reactive ketones (excluding diaryl/α,β-unsaturated/α-hetero) is 1. The number of carbonyl (C=O) groups is 1. The summed E-state index contributed by atoms with van der Waals surface area (Å²) in [5, 5.41) is 2.59. The maximum Gasteiger partial charge on any atom is 0.261 e. The Balaban J connectivity index is 1.14. The van der Waals surface area contributed by atoms with E-state index in [0.717, 1.165) is 44.9 Å². The van der Waals surface area contributed by atoms with Crippen LogP contribution in [0.3, 0.4) is 0 Å². The number of furan rings is 1. The Morgan fingerprint density at radius 1 is 0.872 bits per heavy atom. The molecule has 0 radical (unpaired) electrons. The molecule has 3 aliphatic carbocycles. The largest absolute Gasteiger partial charge is 0.472 e. The van der Waals surface area contributed by atoms with Crippen LogP contribution in [0, 0.1) is 22.7 Å². The van der Waals surface area contributed by atoms with Gasteiger partial charge in [0.25, 0.3) is 8.32 Å². The first-order chi connectivity index (χ1) is 22.5. The number of ketones is 1. The van der Waals surface area contributed by atoms with E-state index < -0.39 is 14.1 Å². The number of hydrogen-bond acceptors (Lipinski definition) is 5. The molecule has 4 aliphatic rings. The summed E-state index contributed by atoms with van der Waals surface area (Å²) < 4.78 is 26.1. The Morgan fingerprint density at radius 3 is 2.13 bits per heavy atom. The molecular weight excluding hydrogens is 601 g/mol. The average Bonchev–Trinajstić information content (AvgIpc) is 3.82. The van der Waals surface area contributed by atoms with Gasteiger partial charge < -0.3 is 18.3 Å².